The minimum absolute atomic E-state index is 0.0629. The standard InChI is InChI=1S/C10H11BrClNO/c1-13(2)10(14)6-7-5-8(12)3-4-9(7)11/h3-5H,6H2,1-2H3. The topological polar surface area (TPSA) is 20.3 Å². The summed E-state index contributed by atoms with van der Waals surface area (Å²) >= 11 is 9.21. The number of amides is 1. The molecule has 0 unspecified atom stereocenters. The first kappa shape index (κ1) is 11.5. The molecule has 0 fully saturated rings. The molecule has 14 heavy (non-hydrogen) atoms. The van der Waals surface area contributed by atoms with Gasteiger partial charge in [0.1, 0.15) is 0 Å². The van der Waals surface area contributed by atoms with Crippen LogP contribution in [0.4, 0.5) is 0 Å². The lowest BCUT2D eigenvalue weighted by Crippen LogP contribution is -2.23. The van der Waals surface area contributed by atoms with Gasteiger partial charge in [0, 0.05) is 23.6 Å². The molecule has 0 bridgehead atoms. The Hall–Kier alpha value is -0.540. The van der Waals surface area contributed by atoms with Gasteiger partial charge in [-0.25, -0.2) is 0 Å². The Morgan fingerprint density at radius 2 is 2.14 bits per heavy atom. The number of rotatable bonds is 2. The first-order chi connectivity index (χ1) is 6.50. The maximum absolute atomic E-state index is 11.4. The molecule has 0 aromatic heterocycles. The minimum atomic E-state index is 0.0629. The number of hydrogen-bond acceptors (Lipinski definition) is 1. The molecule has 0 spiro atoms. The molecule has 1 aromatic rings. The number of benzene rings is 1. The van der Waals surface area contributed by atoms with Gasteiger partial charge in [0.25, 0.3) is 0 Å². The Balaban J connectivity index is 2.86. The molecule has 2 nitrogen and oxygen atoms in total. The lowest BCUT2D eigenvalue weighted by atomic mass is 10.1. The maximum atomic E-state index is 11.4. The predicted molar refractivity (Wildman–Crippen MR) is 61.6 cm³/mol. The molecule has 1 amide bonds. The third kappa shape index (κ3) is 3.00. The zero-order chi connectivity index (χ0) is 10.7. The van der Waals surface area contributed by atoms with Gasteiger partial charge in [-0.2, -0.15) is 0 Å². The summed E-state index contributed by atoms with van der Waals surface area (Å²) in [5, 5.41) is 0.648. The molecule has 0 radical (unpaired) electrons. The first-order valence-electron chi connectivity index (χ1n) is 4.15. The van der Waals surface area contributed by atoms with Crippen LogP contribution < -0.4 is 0 Å². The number of carbonyl (C=O) groups excluding carboxylic acids is 1. The van der Waals surface area contributed by atoms with Crippen molar-refractivity contribution in [1.82, 2.24) is 4.90 Å². The van der Waals surface area contributed by atoms with Gasteiger partial charge in [-0.3, -0.25) is 4.79 Å². The van der Waals surface area contributed by atoms with Gasteiger partial charge >= 0.3 is 0 Å². The predicted octanol–water partition coefficient (Wildman–Crippen LogP) is 2.73. The van der Waals surface area contributed by atoms with Crippen LogP contribution in [0.5, 0.6) is 0 Å². The van der Waals surface area contributed by atoms with E-state index in [2.05, 4.69) is 15.9 Å². The Labute approximate surface area is 97.0 Å². The molecule has 0 saturated carbocycles. The summed E-state index contributed by atoms with van der Waals surface area (Å²) in [6.07, 6.45) is 0.369. The maximum Gasteiger partial charge on any atom is 0.226 e. The van der Waals surface area contributed by atoms with Crippen molar-refractivity contribution in [1.29, 1.82) is 0 Å². The summed E-state index contributed by atoms with van der Waals surface area (Å²) < 4.78 is 0.914. The molecule has 76 valence electrons. The zero-order valence-corrected chi connectivity index (χ0v) is 10.4. The monoisotopic (exact) mass is 275 g/mol. The van der Waals surface area contributed by atoms with Crippen LogP contribution in [0.2, 0.25) is 5.02 Å². The van der Waals surface area contributed by atoms with E-state index < -0.39 is 0 Å². The molecule has 0 saturated heterocycles. The van der Waals surface area contributed by atoms with Crippen molar-refractivity contribution in [3.05, 3.63) is 33.3 Å². The van der Waals surface area contributed by atoms with Crippen LogP contribution >= 0.6 is 27.5 Å². The van der Waals surface area contributed by atoms with Gasteiger partial charge in [-0.05, 0) is 23.8 Å². The van der Waals surface area contributed by atoms with E-state index in [0.29, 0.717) is 11.4 Å². The molecule has 0 heterocycles. The van der Waals surface area contributed by atoms with Crippen LogP contribution in [0.3, 0.4) is 0 Å². The minimum Gasteiger partial charge on any atom is -0.349 e. The molecule has 4 heteroatoms. The second-order valence-electron chi connectivity index (χ2n) is 3.20. The van der Waals surface area contributed by atoms with Gasteiger partial charge in [0.15, 0.2) is 0 Å². The molecule has 0 aliphatic rings. The summed E-state index contributed by atoms with van der Waals surface area (Å²) in [5.41, 5.74) is 0.913. The highest BCUT2D eigenvalue weighted by atomic mass is 79.9. The van der Waals surface area contributed by atoms with Gasteiger partial charge in [0.2, 0.25) is 5.91 Å². The summed E-state index contributed by atoms with van der Waals surface area (Å²) in [4.78, 5) is 13.0. The van der Waals surface area contributed by atoms with Gasteiger partial charge in [-0.1, -0.05) is 27.5 Å². The number of halogens is 2. The van der Waals surface area contributed by atoms with E-state index in [4.69, 9.17) is 11.6 Å². The van der Waals surface area contributed by atoms with E-state index in [1.54, 1.807) is 31.1 Å². The molecular formula is C10H11BrClNO. The van der Waals surface area contributed by atoms with Gasteiger partial charge < -0.3 is 4.90 Å². The fourth-order valence-electron chi connectivity index (χ4n) is 1.000. The summed E-state index contributed by atoms with van der Waals surface area (Å²) in [6, 6.07) is 5.43. The molecule has 0 atom stereocenters. The van der Waals surface area contributed by atoms with Crippen molar-refractivity contribution in [3.63, 3.8) is 0 Å². The van der Waals surface area contributed by atoms with Crippen LogP contribution in [0.1, 0.15) is 5.56 Å². The largest absolute Gasteiger partial charge is 0.349 e. The van der Waals surface area contributed by atoms with Gasteiger partial charge in [0.05, 0.1) is 6.42 Å². The van der Waals surface area contributed by atoms with E-state index in [1.165, 1.54) is 0 Å². The molecule has 1 aromatic carbocycles. The van der Waals surface area contributed by atoms with E-state index in [1.807, 2.05) is 6.07 Å². The van der Waals surface area contributed by atoms with Crippen molar-refractivity contribution in [2.75, 3.05) is 14.1 Å². The lowest BCUT2D eigenvalue weighted by molar-refractivity contribution is -0.127. The quantitative estimate of drug-likeness (QED) is 0.813. The Morgan fingerprint density at radius 1 is 1.50 bits per heavy atom. The Morgan fingerprint density at radius 3 is 2.71 bits per heavy atom. The third-order valence-electron chi connectivity index (χ3n) is 1.85. The molecule has 0 aliphatic carbocycles. The molecular weight excluding hydrogens is 265 g/mol. The highest BCUT2D eigenvalue weighted by Gasteiger charge is 2.08. The lowest BCUT2D eigenvalue weighted by Gasteiger charge is -2.11. The van der Waals surface area contributed by atoms with Crippen LogP contribution in [0.25, 0.3) is 0 Å². The first-order valence-corrected chi connectivity index (χ1v) is 5.32. The molecule has 1 rings (SSSR count). The summed E-state index contributed by atoms with van der Waals surface area (Å²) in [7, 11) is 3.47. The Kier molecular flexibility index (Phi) is 3.96. The van der Waals surface area contributed by atoms with E-state index >= 15 is 0 Å². The normalized spacial score (nSPS) is 10.0. The van der Waals surface area contributed by atoms with Crippen molar-refractivity contribution in [2.24, 2.45) is 0 Å². The van der Waals surface area contributed by atoms with Crippen LogP contribution in [0, 0.1) is 0 Å². The average molecular weight is 277 g/mol. The summed E-state index contributed by atoms with van der Waals surface area (Å²) in [5.74, 6) is 0.0629. The average Bonchev–Trinajstić information content (AvgIpc) is 2.11. The second-order valence-corrected chi connectivity index (χ2v) is 4.49. The van der Waals surface area contributed by atoms with Crippen LogP contribution in [-0.2, 0) is 11.2 Å². The molecule has 0 aliphatic heterocycles. The van der Waals surface area contributed by atoms with Crippen molar-refractivity contribution >= 4 is 33.4 Å². The Bertz CT molecular complexity index is 352. The SMILES string of the molecule is CN(C)C(=O)Cc1cc(Cl)ccc1Br. The van der Waals surface area contributed by atoms with E-state index in [-0.39, 0.29) is 5.91 Å². The van der Waals surface area contributed by atoms with Crippen molar-refractivity contribution in [2.45, 2.75) is 6.42 Å². The number of nitrogens with zero attached hydrogens (tertiary/aromatic N) is 1. The van der Waals surface area contributed by atoms with Crippen molar-refractivity contribution < 1.29 is 4.79 Å². The second kappa shape index (κ2) is 4.80. The fraction of sp³-hybridized carbons (Fsp3) is 0.300. The van der Waals surface area contributed by atoms with E-state index in [9.17, 15) is 4.79 Å². The number of hydrogen-bond donors (Lipinski definition) is 0. The third-order valence-corrected chi connectivity index (χ3v) is 2.86. The van der Waals surface area contributed by atoms with Crippen LogP contribution in [0.15, 0.2) is 22.7 Å². The van der Waals surface area contributed by atoms with Gasteiger partial charge in [-0.15, -0.1) is 0 Å². The highest BCUT2D eigenvalue weighted by molar-refractivity contribution is 9.10. The molecule has 0 N–H and O–H groups in total. The number of likely N-dealkylation sites (N-methyl/N-ethyl adjacent to an activating group) is 1. The van der Waals surface area contributed by atoms with E-state index in [0.717, 1.165) is 10.0 Å². The highest BCUT2D eigenvalue weighted by Crippen LogP contribution is 2.21. The summed E-state index contributed by atoms with van der Waals surface area (Å²) in [6.45, 7) is 0. The fourth-order valence-corrected chi connectivity index (χ4v) is 1.58. The van der Waals surface area contributed by atoms with Crippen molar-refractivity contribution in [3.8, 4) is 0 Å². The van der Waals surface area contributed by atoms with Crippen LogP contribution in [-0.4, -0.2) is 24.9 Å². The smallest absolute Gasteiger partial charge is 0.226 e. The number of carbonyl (C=O) groups is 1. The zero-order valence-electron chi connectivity index (χ0n) is 8.05.